The lowest BCUT2D eigenvalue weighted by Crippen LogP contribution is -2.38. The van der Waals surface area contributed by atoms with Crippen molar-refractivity contribution in [1.29, 1.82) is 0 Å². The van der Waals surface area contributed by atoms with Crippen LogP contribution in [0.3, 0.4) is 0 Å². The van der Waals surface area contributed by atoms with E-state index < -0.39 is 60.8 Å². The first-order valence-electron chi connectivity index (χ1n) is 12.7. The minimum atomic E-state index is -2.61. The molecule has 4 N–H and O–H groups in total. The van der Waals surface area contributed by atoms with Crippen molar-refractivity contribution < 1.29 is 47.6 Å². The number of aliphatic hydroxyl groups excluding tert-OH is 2. The number of nitrogens with two attached hydrogens (primary N) is 1. The molecule has 0 spiro atoms. The lowest BCUT2D eigenvalue weighted by Gasteiger charge is -2.22. The Labute approximate surface area is 258 Å². The normalized spacial score (nSPS) is 22.1. The van der Waals surface area contributed by atoms with Crippen LogP contribution >= 0.6 is 43.8 Å². The SMILES string of the molecule is CC(C)(C)C(=O)S[C@H](CO[P+](=O)OCCOC(=S)C(C)(C)C)OC[C@@H]1O[C@@H](n2cc(Cl)nc(C(N)=O)c2=O)[C@H](O)[C@@H]1O. The molecule has 1 amide bonds. The van der Waals surface area contributed by atoms with E-state index in [0.717, 1.165) is 22.5 Å². The molecule has 2 heterocycles. The molecule has 42 heavy (non-hydrogen) atoms. The fourth-order valence-corrected chi connectivity index (χ4v) is 4.97. The van der Waals surface area contributed by atoms with E-state index in [1.54, 1.807) is 20.8 Å². The van der Waals surface area contributed by atoms with E-state index >= 15 is 0 Å². The van der Waals surface area contributed by atoms with Gasteiger partial charge in [0.05, 0.1) is 6.61 Å². The van der Waals surface area contributed by atoms with Crippen molar-refractivity contribution in [2.45, 2.75) is 71.5 Å². The van der Waals surface area contributed by atoms with Crippen molar-refractivity contribution >= 4 is 59.9 Å². The van der Waals surface area contributed by atoms with Crippen LogP contribution in [0.15, 0.2) is 11.0 Å². The molecule has 0 saturated carbocycles. The van der Waals surface area contributed by atoms with Crippen LogP contribution in [0.2, 0.25) is 5.15 Å². The minimum Gasteiger partial charge on any atom is -0.484 e. The Balaban J connectivity index is 2.04. The number of carbonyl (C=O) groups is 2. The summed E-state index contributed by atoms with van der Waals surface area (Å²) < 4.78 is 40.2. The number of thiocarbonyl (C=S) groups is 1. The minimum absolute atomic E-state index is 0.0604. The molecule has 236 valence electrons. The fraction of sp³-hybridized carbons (Fsp3) is 0.708. The predicted molar refractivity (Wildman–Crippen MR) is 157 cm³/mol. The summed E-state index contributed by atoms with van der Waals surface area (Å²) in [5.74, 6) is -1.14. The highest BCUT2D eigenvalue weighted by molar-refractivity contribution is 8.14. The van der Waals surface area contributed by atoms with E-state index in [4.69, 9.17) is 52.8 Å². The van der Waals surface area contributed by atoms with Crippen molar-refractivity contribution in [1.82, 2.24) is 9.55 Å². The Bertz CT molecular complexity index is 1220. The molecular weight excluding hydrogens is 637 g/mol. The fourth-order valence-electron chi connectivity index (χ4n) is 3.16. The maximum Gasteiger partial charge on any atom is 0.697 e. The molecule has 1 aliphatic heterocycles. The third-order valence-corrected chi connectivity index (χ3v) is 8.51. The molecule has 1 aliphatic rings. The summed E-state index contributed by atoms with van der Waals surface area (Å²) in [5.41, 5.74) is 1.40. The molecule has 1 aromatic heterocycles. The number of nitrogens with zero attached hydrogens (tertiary/aromatic N) is 2. The predicted octanol–water partition coefficient (Wildman–Crippen LogP) is 2.34. The molecule has 2 rings (SSSR count). The van der Waals surface area contributed by atoms with Gasteiger partial charge in [0.2, 0.25) is 0 Å². The standard InChI is InChI=1S/C24H35ClN3O11PS2/c1-23(2,3)21(33)42-14(11-38-40(34)37-8-7-35-22(41)24(4,5)6)36-10-12-16(29)17(30)20(39-12)28-9-13(25)27-15(18(26)31)19(28)32/h9,12,14,16-17,20,29-30H,7-8,10-11H2,1-6H3,(H-,26,31)/p+1/t12-,14+,16+,17+,20+/m0/s1. The van der Waals surface area contributed by atoms with Crippen molar-refractivity contribution in [3.8, 4) is 0 Å². The molecule has 1 unspecified atom stereocenters. The number of carbonyl (C=O) groups excluding carboxylic acids is 2. The van der Waals surface area contributed by atoms with Crippen molar-refractivity contribution in [3.05, 3.63) is 27.4 Å². The topological polar surface area (TPSA) is 199 Å². The van der Waals surface area contributed by atoms with Crippen LogP contribution < -0.4 is 11.3 Å². The number of amides is 1. The van der Waals surface area contributed by atoms with Gasteiger partial charge in [0.25, 0.3) is 11.5 Å². The average Bonchev–Trinajstić information content (AvgIpc) is 3.16. The average molecular weight is 673 g/mol. The van der Waals surface area contributed by atoms with Crippen LogP contribution in [0.5, 0.6) is 0 Å². The van der Waals surface area contributed by atoms with Gasteiger partial charge in [0.1, 0.15) is 48.7 Å². The van der Waals surface area contributed by atoms with E-state index in [1.807, 2.05) is 20.8 Å². The van der Waals surface area contributed by atoms with Gasteiger partial charge in [-0.25, -0.2) is 4.98 Å². The van der Waals surface area contributed by atoms with Gasteiger partial charge in [-0.1, -0.05) is 64.9 Å². The summed E-state index contributed by atoms with van der Waals surface area (Å²) in [6.07, 6.45) is -4.82. The first-order valence-corrected chi connectivity index (χ1v) is 15.4. The molecular formula is C24H36ClN3O11PS2+. The van der Waals surface area contributed by atoms with E-state index in [0.29, 0.717) is 5.05 Å². The number of halogens is 1. The van der Waals surface area contributed by atoms with E-state index in [9.17, 15) is 29.2 Å². The maximum absolute atomic E-state index is 12.7. The number of hydrogen-bond donors (Lipinski definition) is 3. The molecule has 0 aliphatic carbocycles. The second-order valence-electron chi connectivity index (χ2n) is 11.2. The Kier molecular flexibility index (Phi) is 13.4. The highest BCUT2D eigenvalue weighted by Crippen LogP contribution is 2.33. The highest BCUT2D eigenvalue weighted by atomic mass is 35.5. The second kappa shape index (κ2) is 15.4. The molecule has 1 saturated heterocycles. The van der Waals surface area contributed by atoms with Crippen LogP contribution in [0.1, 0.15) is 58.3 Å². The Morgan fingerprint density at radius 1 is 1.19 bits per heavy atom. The van der Waals surface area contributed by atoms with Gasteiger partial charge in [-0.05, 0) is 12.2 Å². The van der Waals surface area contributed by atoms with Gasteiger partial charge in [-0.3, -0.25) is 19.0 Å². The number of aliphatic hydroxyl groups is 2. The first kappa shape index (κ1) is 36.6. The van der Waals surface area contributed by atoms with Crippen LogP contribution in [0, 0.1) is 10.8 Å². The Morgan fingerprint density at radius 2 is 1.83 bits per heavy atom. The number of thioether (sulfide) groups is 1. The van der Waals surface area contributed by atoms with Gasteiger partial charge < -0.3 is 30.2 Å². The van der Waals surface area contributed by atoms with Gasteiger partial charge in [0, 0.05) is 21.6 Å². The smallest absolute Gasteiger partial charge is 0.484 e. The molecule has 1 fully saturated rings. The summed E-state index contributed by atoms with van der Waals surface area (Å²) in [6.45, 7) is 10.0. The summed E-state index contributed by atoms with van der Waals surface area (Å²) in [5, 5.41) is 21.0. The molecule has 18 heteroatoms. The molecule has 14 nitrogen and oxygen atoms in total. The first-order chi connectivity index (χ1) is 19.3. The van der Waals surface area contributed by atoms with Crippen LogP contribution in [0.4, 0.5) is 0 Å². The Morgan fingerprint density at radius 3 is 2.40 bits per heavy atom. The van der Waals surface area contributed by atoms with Gasteiger partial charge in [-0.2, -0.15) is 0 Å². The number of hydrogen-bond acceptors (Lipinski definition) is 14. The van der Waals surface area contributed by atoms with Gasteiger partial charge in [0.15, 0.2) is 22.1 Å². The third kappa shape index (κ3) is 10.5. The summed E-state index contributed by atoms with van der Waals surface area (Å²) in [4.78, 5) is 40.4. The molecule has 1 aromatic rings. The van der Waals surface area contributed by atoms with Crippen molar-refractivity contribution in [2.75, 3.05) is 26.4 Å². The quantitative estimate of drug-likeness (QED) is 0.119. The van der Waals surface area contributed by atoms with Crippen molar-refractivity contribution in [2.24, 2.45) is 16.6 Å². The number of rotatable bonds is 13. The van der Waals surface area contributed by atoms with Crippen LogP contribution in [-0.4, -0.2) is 86.0 Å². The van der Waals surface area contributed by atoms with Crippen LogP contribution in [-0.2, 0) is 32.6 Å². The molecule has 0 radical (unpaired) electrons. The summed E-state index contributed by atoms with van der Waals surface area (Å²) >= 11 is 11.8. The molecule has 0 aromatic carbocycles. The van der Waals surface area contributed by atoms with Crippen molar-refractivity contribution in [3.63, 3.8) is 0 Å². The number of ether oxygens (including phenoxy) is 3. The zero-order valence-corrected chi connectivity index (χ0v) is 27.3. The largest absolute Gasteiger partial charge is 0.697 e. The van der Waals surface area contributed by atoms with E-state index in [-0.39, 0.29) is 42.1 Å². The Hall–Kier alpha value is -1.59. The zero-order chi connectivity index (χ0) is 32.0. The summed E-state index contributed by atoms with van der Waals surface area (Å²) in [7, 11) is -2.61. The maximum atomic E-state index is 12.7. The monoisotopic (exact) mass is 672 g/mol. The van der Waals surface area contributed by atoms with Gasteiger partial charge >= 0.3 is 8.25 Å². The lowest BCUT2D eigenvalue weighted by atomic mass is 9.98. The second-order valence-corrected chi connectivity index (χ2v) is 14.0. The molecule has 6 atom stereocenters. The zero-order valence-electron chi connectivity index (χ0n) is 24.0. The number of aromatic nitrogens is 2. The van der Waals surface area contributed by atoms with E-state index in [2.05, 4.69) is 4.98 Å². The summed E-state index contributed by atoms with van der Waals surface area (Å²) in [6, 6.07) is 0. The lowest BCUT2D eigenvalue weighted by molar-refractivity contribution is -0.117. The van der Waals surface area contributed by atoms with E-state index in [1.165, 1.54) is 0 Å². The molecule has 0 bridgehead atoms. The van der Waals surface area contributed by atoms with Gasteiger partial charge in [-0.15, -0.1) is 9.05 Å². The highest BCUT2D eigenvalue weighted by Gasteiger charge is 2.45. The third-order valence-electron chi connectivity index (χ3n) is 5.48. The van der Waals surface area contributed by atoms with Crippen LogP contribution in [0.25, 0.3) is 0 Å². The number of primary amides is 1.